The molecule has 0 atom stereocenters. The minimum atomic E-state index is 0.0594. The van der Waals surface area contributed by atoms with Crippen LogP contribution in [-0.2, 0) is 9.53 Å². The van der Waals surface area contributed by atoms with Crippen LogP contribution in [0.4, 0.5) is 0 Å². The first-order valence-electron chi connectivity index (χ1n) is 13.7. The third kappa shape index (κ3) is 6.79. The molecule has 5 rings (SSSR count). The van der Waals surface area contributed by atoms with E-state index in [0.717, 1.165) is 75.6 Å². The molecule has 2 saturated heterocycles. The normalized spacial score (nSPS) is 21.1. The molecule has 4 aliphatic rings. The van der Waals surface area contributed by atoms with Crippen molar-refractivity contribution in [3.63, 3.8) is 0 Å². The van der Waals surface area contributed by atoms with Crippen LogP contribution in [0.25, 0.3) is 0 Å². The Balaban J connectivity index is 1.10. The third-order valence-corrected chi connectivity index (χ3v) is 7.81. The molecular formula is C30H38N4O3. The highest BCUT2D eigenvalue weighted by molar-refractivity contribution is 5.96. The van der Waals surface area contributed by atoms with Crippen molar-refractivity contribution in [1.29, 1.82) is 0 Å². The predicted molar refractivity (Wildman–Crippen MR) is 145 cm³/mol. The molecule has 0 aromatic heterocycles. The number of hydrogen-bond acceptors (Lipinski definition) is 6. The number of piperidine rings is 1. The van der Waals surface area contributed by atoms with Crippen LogP contribution in [0.15, 0.2) is 72.5 Å². The molecule has 1 N–H and O–H groups in total. The molecular weight excluding hydrogens is 464 g/mol. The van der Waals surface area contributed by atoms with Gasteiger partial charge in [0.05, 0.1) is 0 Å². The summed E-state index contributed by atoms with van der Waals surface area (Å²) in [6, 6.07) is 8.15. The van der Waals surface area contributed by atoms with Gasteiger partial charge in [0.25, 0.3) is 5.91 Å². The molecule has 2 fully saturated rings. The Kier molecular flexibility index (Phi) is 8.53. The SMILES string of the molecule is O=C1C=CC=C(C2=CN(CCN3CCC(c4ccccc4C(=O)NCCN4CCCC4)CC3)C=CO2)C1. The van der Waals surface area contributed by atoms with E-state index in [2.05, 4.69) is 32.1 Å². The molecule has 0 radical (unpaired) electrons. The first kappa shape index (κ1) is 25.5. The summed E-state index contributed by atoms with van der Waals surface area (Å²) in [6.45, 7) is 7.81. The number of hydrogen-bond donors (Lipinski definition) is 1. The Labute approximate surface area is 220 Å². The summed E-state index contributed by atoms with van der Waals surface area (Å²) in [5.74, 6) is 1.32. The molecule has 3 heterocycles. The van der Waals surface area contributed by atoms with E-state index in [0.29, 0.717) is 18.9 Å². The standard InChI is InChI=1S/C30H38N4O3/c35-26-7-5-6-25(22-26)29-23-34(20-21-37-29)19-18-33-15-10-24(11-16-33)27-8-1-2-9-28(27)30(36)31-12-17-32-13-3-4-14-32/h1-2,5-9,20-21,23-24H,3-4,10-19,22H2,(H,31,36). The van der Waals surface area contributed by atoms with Crippen LogP contribution in [-0.4, -0.2) is 78.7 Å². The Morgan fingerprint density at radius 3 is 2.59 bits per heavy atom. The van der Waals surface area contributed by atoms with Gasteiger partial charge in [0.2, 0.25) is 0 Å². The number of rotatable bonds is 9. The summed E-state index contributed by atoms with van der Waals surface area (Å²) in [5.41, 5.74) is 2.94. The third-order valence-electron chi connectivity index (χ3n) is 7.81. The number of nitrogens with one attached hydrogen (secondary N) is 1. The topological polar surface area (TPSA) is 65.1 Å². The van der Waals surface area contributed by atoms with Gasteiger partial charge in [-0.15, -0.1) is 0 Å². The van der Waals surface area contributed by atoms with Crippen LogP contribution in [0.5, 0.6) is 0 Å². The van der Waals surface area contributed by atoms with E-state index in [-0.39, 0.29) is 11.7 Å². The molecule has 3 aliphatic heterocycles. The van der Waals surface area contributed by atoms with Crippen molar-refractivity contribution in [2.45, 2.75) is 38.0 Å². The second-order valence-electron chi connectivity index (χ2n) is 10.3. The van der Waals surface area contributed by atoms with E-state index >= 15 is 0 Å². The monoisotopic (exact) mass is 502 g/mol. The lowest BCUT2D eigenvalue weighted by atomic mass is 9.86. The van der Waals surface area contributed by atoms with Crippen molar-refractivity contribution in [3.05, 3.63) is 83.6 Å². The Hall–Kier alpha value is -3.16. The van der Waals surface area contributed by atoms with Crippen molar-refractivity contribution in [2.24, 2.45) is 0 Å². The minimum Gasteiger partial charge on any atom is -0.462 e. The molecule has 7 nitrogen and oxygen atoms in total. The molecule has 0 unspecified atom stereocenters. The zero-order valence-electron chi connectivity index (χ0n) is 21.6. The lowest BCUT2D eigenvalue weighted by Gasteiger charge is -2.34. The molecule has 0 bridgehead atoms. The van der Waals surface area contributed by atoms with Gasteiger partial charge >= 0.3 is 0 Å². The highest BCUT2D eigenvalue weighted by atomic mass is 16.5. The molecule has 1 aliphatic carbocycles. The van der Waals surface area contributed by atoms with Gasteiger partial charge < -0.3 is 24.8 Å². The minimum absolute atomic E-state index is 0.0594. The summed E-state index contributed by atoms with van der Waals surface area (Å²) < 4.78 is 5.67. The molecule has 196 valence electrons. The van der Waals surface area contributed by atoms with Crippen molar-refractivity contribution in [3.8, 4) is 0 Å². The van der Waals surface area contributed by atoms with Gasteiger partial charge in [-0.1, -0.05) is 30.4 Å². The van der Waals surface area contributed by atoms with Crippen LogP contribution in [0, 0.1) is 0 Å². The molecule has 1 amide bonds. The predicted octanol–water partition coefficient (Wildman–Crippen LogP) is 3.79. The van der Waals surface area contributed by atoms with Gasteiger partial charge in [0.1, 0.15) is 12.0 Å². The summed E-state index contributed by atoms with van der Waals surface area (Å²) >= 11 is 0. The van der Waals surface area contributed by atoms with Gasteiger partial charge in [-0.3, -0.25) is 9.59 Å². The largest absolute Gasteiger partial charge is 0.462 e. The molecule has 1 aromatic rings. The number of nitrogens with zero attached hydrogens (tertiary/aromatic N) is 3. The summed E-state index contributed by atoms with van der Waals surface area (Å²) in [7, 11) is 0. The fourth-order valence-electron chi connectivity index (χ4n) is 5.66. The average molecular weight is 503 g/mol. The van der Waals surface area contributed by atoms with Gasteiger partial charge in [0, 0.05) is 56.1 Å². The van der Waals surface area contributed by atoms with E-state index < -0.39 is 0 Å². The fourth-order valence-corrected chi connectivity index (χ4v) is 5.66. The van der Waals surface area contributed by atoms with E-state index in [1.807, 2.05) is 30.6 Å². The number of allylic oxidation sites excluding steroid dienone is 4. The zero-order chi connectivity index (χ0) is 25.5. The quantitative estimate of drug-likeness (QED) is 0.554. The fraction of sp³-hybridized carbons (Fsp3) is 0.467. The highest BCUT2D eigenvalue weighted by Gasteiger charge is 2.25. The van der Waals surface area contributed by atoms with E-state index in [1.54, 1.807) is 18.4 Å². The number of amides is 1. The average Bonchev–Trinajstić information content (AvgIpc) is 3.46. The molecule has 37 heavy (non-hydrogen) atoms. The van der Waals surface area contributed by atoms with Crippen molar-refractivity contribution in [2.75, 3.05) is 52.4 Å². The summed E-state index contributed by atoms with van der Waals surface area (Å²) in [6.07, 6.45) is 16.0. The van der Waals surface area contributed by atoms with E-state index in [9.17, 15) is 9.59 Å². The molecule has 0 spiro atoms. The van der Waals surface area contributed by atoms with Gasteiger partial charge in [-0.05, 0) is 75.5 Å². The van der Waals surface area contributed by atoms with Crippen LogP contribution in [0.3, 0.4) is 0 Å². The Morgan fingerprint density at radius 1 is 1.00 bits per heavy atom. The van der Waals surface area contributed by atoms with Gasteiger partial charge in [0.15, 0.2) is 5.78 Å². The summed E-state index contributed by atoms with van der Waals surface area (Å²) in [5, 5.41) is 3.16. The first-order valence-corrected chi connectivity index (χ1v) is 13.7. The maximum atomic E-state index is 13.0. The van der Waals surface area contributed by atoms with Crippen molar-refractivity contribution >= 4 is 11.7 Å². The Morgan fingerprint density at radius 2 is 1.78 bits per heavy atom. The molecule has 1 aromatic carbocycles. The van der Waals surface area contributed by atoms with Crippen LogP contribution < -0.4 is 5.32 Å². The Bertz CT molecular complexity index is 1090. The lowest BCUT2D eigenvalue weighted by Crippen LogP contribution is -2.38. The summed E-state index contributed by atoms with van der Waals surface area (Å²) in [4.78, 5) is 31.8. The highest BCUT2D eigenvalue weighted by Crippen LogP contribution is 2.30. The van der Waals surface area contributed by atoms with Crippen LogP contribution in [0.2, 0.25) is 0 Å². The second kappa shape index (κ2) is 12.4. The van der Waals surface area contributed by atoms with E-state index in [1.165, 1.54) is 18.4 Å². The number of ketones is 1. The second-order valence-corrected chi connectivity index (χ2v) is 10.3. The maximum absolute atomic E-state index is 13.0. The van der Waals surface area contributed by atoms with Gasteiger partial charge in [-0.25, -0.2) is 0 Å². The smallest absolute Gasteiger partial charge is 0.251 e. The van der Waals surface area contributed by atoms with Gasteiger partial charge in [-0.2, -0.15) is 0 Å². The van der Waals surface area contributed by atoms with Crippen LogP contribution >= 0.6 is 0 Å². The van der Waals surface area contributed by atoms with Crippen molar-refractivity contribution < 1.29 is 14.3 Å². The van der Waals surface area contributed by atoms with Crippen LogP contribution in [0.1, 0.15) is 53.9 Å². The van der Waals surface area contributed by atoms with E-state index in [4.69, 9.17) is 4.74 Å². The number of likely N-dealkylation sites (tertiary alicyclic amines) is 2. The number of ether oxygens (including phenoxy) is 1. The van der Waals surface area contributed by atoms with Crippen molar-refractivity contribution in [1.82, 2.24) is 20.0 Å². The number of carbonyl (C=O) groups is 2. The first-order chi connectivity index (χ1) is 18.2. The number of carbonyl (C=O) groups excluding carboxylic acids is 2. The number of benzene rings is 1. The molecule has 7 heteroatoms. The maximum Gasteiger partial charge on any atom is 0.251 e. The zero-order valence-corrected chi connectivity index (χ0v) is 21.6. The molecule has 0 saturated carbocycles. The lowest BCUT2D eigenvalue weighted by molar-refractivity contribution is -0.114.